The maximum absolute atomic E-state index is 3.98. The Balaban J connectivity index is 2.95. The van der Waals surface area contributed by atoms with Gasteiger partial charge in [0.25, 0.3) is 0 Å². The average Bonchev–Trinajstić information content (AvgIpc) is 2.33. The number of hydrogen-bond acceptors (Lipinski definition) is 2. The summed E-state index contributed by atoms with van der Waals surface area (Å²) < 4.78 is 1.17. The Kier molecular flexibility index (Phi) is 0.993. The molecule has 9 heavy (non-hydrogen) atoms. The molecule has 1 heterocycles. The molecule has 2 radical (unpaired) electrons. The summed E-state index contributed by atoms with van der Waals surface area (Å²) in [5, 5.41) is 0. The van der Waals surface area contributed by atoms with Gasteiger partial charge >= 0.3 is 0 Å². The average molecular weight is 133 g/mol. The molecule has 0 N–H and O–H groups in total. The van der Waals surface area contributed by atoms with Crippen molar-refractivity contribution in [3.63, 3.8) is 0 Å². The zero-order valence-electron chi connectivity index (χ0n) is 4.59. The van der Waals surface area contributed by atoms with E-state index in [0.29, 0.717) is 0 Å². The first-order valence-corrected chi connectivity index (χ1v) is 3.41. The van der Waals surface area contributed by atoms with E-state index in [-0.39, 0.29) is 0 Å². The van der Waals surface area contributed by atoms with Crippen molar-refractivity contribution in [3.8, 4) is 0 Å². The van der Waals surface area contributed by atoms with Crippen LogP contribution in [-0.4, -0.2) is 4.98 Å². The predicted molar refractivity (Wildman–Crippen MR) is 37.3 cm³/mol. The maximum atomic E-state index is 3.98. The van der Waals surface area contributed by atoms with E-state index in [0.717, 1.165) is 5.52 Å². The fourth-order valence-electron chi connectivity index (χ4n) is 0.702. The summed E-state index contributed by atoms with van der Waals surface area (Å²) in [4.78, 5) is 3.98. The number of nitrogens with zero attached hydrogens (tertiary/aromatic N) is 1. The largest absolute Gasteiger partial charge is 0.233 e. The minimum atomic E-state index is 0.988. The number of thiazole rings is 1. The SMILES string of the molecule is [c]1ccc2s[c]nc2c1. The molecule has 0 saturated carbocycles. The Morgan fingerprint density at radius 1 is 1.56 bits per heavy atom. The van der Waals surface area contributed by atoms with Crippen molar-refractivity contribution in [1.29, 1.82) is 0 Å². The van der Waals surface area contributed by atoms with Gasteiger partial charge in [0.05, 0.1) is 10.2 Å². The molecule has 0 unspecified atom stereocenters. The van der Waals surface area contributed by atoms with Gasteiger partial charge in [-0.15, -0.1) is 11.3 Å². The van der Waals surface area contributed by atoms with Gasteiger partial charge in [-0.1, -0.05) is 6.07 Å². The minimum absolute atomic E-state index is 0.988. The summed E-state index contributed by atoms with van der Waals surface area (Å²) in [6.45, 7) is 0. The van der Waals surface area contributed by atoms with Crippen LogP contribution < -0.4 is 0 Å². The lowest BCUT2D eigenvalue weighted by Crippen LogP contribution is -1.62. The third-order valence-electron chi connectivity index (χ3n) is 1.13. The molecule has 0 aliphatic heterocycles. The molecule has 2 aromatic rings. The second kappa shape index (κ2) is 1.81. The molecular formula is C7H3NS. The van der Waals surface area contributed by atoms with E-state index in [1.54, 1.807) is 0 Å². The monoisotopic (exact) mass is 133 g/mol. The quantitative estimate of drug-likeness (QED) is 0.534. The molecule has 0 fully saturated rings. The fraction of sp³-hybridized carbons (Fsp3) is 0. The summed E-state index contributed by atoms with van der Waals surface area (Å²) in [7, 11) is 0. The number of fused-ring (bicyclic) bond motifs is 1. The van der Waals surface area contributed by atoms with Crippen LogP contribution in [0.3, 0.4) is 0 Å². The van der Waals surface area contributed by atoms with E-state index in [9.17, 15) is 0 Å². The molecule has 0 atom stereocenters. The molecule has 2 heteroatoms. The fourth-order valence-corrected chi connectivity index (χ4v) is 1.29. The molecule has 1 aromatic carbocycles. The van der Waals surface area contributed by atoms with Crippen molar-refractivity contribution in [2.75, 3.05) is 0 Å². The maximum Gasteiger partial charge on any atom is 0.153 e. The van der Waals surface area contributed by atoms with E-state index < -0.39 is 0 Å². The van der Waals surface area contributed by atoms with E-state index >= 15 is 0 Å². The van der Waals surface area contributed by atoms with Gasteiger partial charge in [-0.25, -0.2) is 4.98 Å². The van der Waals surface area contributed by atoms with Crippen LogP contribution in [0.25, 0.3) is 10.2 Å². The molecular weight excluding hydrogens is 130 g/mol. The van der Waals surface area contributed by atoms with Gasteiger partial charge in [0.2, 0.25) is 0 Å². The highest BCUT2D eigenvalue weighted by molar-refractivity contribution is 7.16. The first-order chi connectivity index (χ1) is 4.47. The standard InChI is InChI=1S/C7H3NS/c1-2-4-7-6(3-1)8-5-9-7/h2-4H. The van der Waals surface area contributed by atoms with Gasteiger partial charge in [-0.2, -0.15) is 0 Å². The van der Waals surface area contributed by atoms with Gasteiger partial charge < -0.3 is 0 Å². The Bertz CT molecular complexity index is 283. The summed E-state index contributed by atoms with van der Waals surface area (Å²) >= 11 is 1.53. The highest BCUT2D eigenvalue weighted by Gasteiger charge is 1.90. The molecule has 0 bridgehead atoms. The van der Waals surface area contributed by atoms with Crippen molar-refractivity contribution in [3.05, 3.63) is 29.8 Å². The second-order valence-corrected chi connectivity index (χ2v) is 2.53. The third kappa shape index (κ3) is 0.715. The van der Waals surface area contributed by atoms with Crippen molar-refractivity contribution in [2.24, 2.45) is 0 Å². The first kappa shape index (κ1) is 4.94. The Morgan fingerprint density at radius 3 is 3.44 bits per heavy atom. The van der Waals surface area contributed by atoms with Crippen LogP contribution in [0.15, 0.2) is 18.2 Å². The number of rotatable bonds is 0. The molecule has 2 rings (SSSR count). The summed E-state index contributed by atoms with van der Waals surface area (Å²) in [6.07, 6.45) is 0. The Hall–Kier alpha value is -0.890. The van der Waals surface area contributed by atoms with Crippen LogP contribution >= 0.6 is 11.3 Å². The number of hydrogen-bond donors (Lipinski definition) is 0. The Morgan fingerprint density at radius 2 is 2.56 bits per heavy atom. The van der Waals surface area contributed by atoms with Crippen molar-refractivity contribution < 1.29 is 0 Å². The van der Waals surface area contributed by atoms with Gasteiger partial charge in [-0.3, -0.25) is 0 Å². The summed E-state index contributed by atoms with van der Waals surface area (Å²) in [6, 6.07) is 8.68. The van der Waals surface area contributed by atoms with Gasteiger partial charge in [-0.05, 0) is 18.2 Å². The molecule has 0 aliphatic carbocycles. The molecule has 42 valence electrons. The lowest BCUT2D eigenvalue weighted by Gasteiger charge is -1.79. The van der Waals surface area contributed by atoms with Gasteiger partial charge in [0, 0.05) is 0 Å². The zero-order valence-corrected chi connectivity index (χ0v) is 5.40. The van der Waals surface area contributed by atoms with Crippen molar-refractivity contribution >= 4 is 21.6 Å². The van der Waals surface area contributed by atoms with Crippen LogP contribution in [0.5, 0.6) is 0 Å². The normalized spacial score (nSPS) is 10.2. The van der Waals surface area contributed by atoms with E-state index in [4.69, 9.17) is 0 Å². The molecule has 0 spiro atoms. The number of aromatic nitrogens is 1. The van der Waals surface area contributed by atoms with Crippen molar-refractivity contribution in [1.82, 2.24) is 4.98 Å². The van der Waals surface area contributed by atoms with E-state index in [2.05, 4.69) is 16.6 Å². The van der Waals surface area contributed by atoms with Crippen LogP contribution in [0.2, 0.25) is 0 Å². The molecule has 0 saturated heterocycles. The first-order valence-electron chi connectivity index (χ1n) is 2.59. The van der Waals surface area contributed by atoms with Gasteiger partial charge in [0.1, 0.15) is 0 Å². The highest BCUT2D eigenvalue weighted by atomic mass is 32.1. The molecule has 0 aliphatic rings. The number of benzene rings is 1. The predicted octanol–water partition coefficient (Wildman–Crippen LogP) is 1.90. The van der Waals surface area contributed by atoms with E-state index in [1.807, 2.05) is 18.2 Å². The third-order valence-corrected chi connectivity index (χ3v) is 1.87. The zero-order chi connectivity index (χ0) is 6.10. The second-order valence-electron chi connectivity index (χ2n) is 1.70. The summed E-state index contributed by atoms with van der Waals surface area (Å²) in [5.74, 6) is 0. The topological polar surface area (TPSA) is 12.9 Å². The smallest absolute Gasteiger partial charge is 0.153 e. The molecule has 0 amide bonds. The van der Waals surface area contributed by atoms with Crippen molar-refractivity contribution in [2.45, 2.75) is 0 Å². The lowest BCUT2D eigenvalue weighted by molar-refractivity contribution is 1.48. The Labute approximate surface area is 57.0 Å². The van der Waals surface area contributed by atoms with Gasteiger partial charge in [0.15, 0.2) is 5.51 Å². The minimum Gasteiger partial charge on any atom is -0.233 e. The molecule has 1 nitrogen and oxygen atoms in total. The highest BCUT2D eigenvalue weighted by Crippen LogP contribution is 2.14. The van der Waals surface area contributed by atoms with Crippen LogP contribution in [0.4, 0.5) is 0 Å². The van der Waals surface area contributed by atoms with Crippen LogP contribution in [0, 0.1) is 11.6 Å². The molecule has 1 aromatic heterocycles. The van der Waals surface area contributed by atoms with Crippen LogP contribution in [-0.2, 0) is 0 Å². The summed E-state index contributed by atoms with van der Waals surface area (Å²) in [5.41, 5.74) is 3.80. The lowest BCUT2D eigenvalue weighted by atomic mass is 10.3. The van der Waals surface area contributed by atoms with Crippen LogP contribution in [0.1, 0.15) is 0 Å². The van der Waals surface area contributed by atoms with E-state index in [1.165, 1.54) is 16.0 Å².